The fourth-order valence-corrected chi connectivity index (χ4v) is 5.22. The highest BCUT2D eigenvalue weighted by atomic mass is 35.5. The number of anilines is 1. The second-order valence-electron chi connectivity index (χ2n) is 8.64. The number of benzene rings is 3. The summed E-state index contributed by atoms with van der Waals surface area (Å²) >= 11 is 6.24. The Bertz CT molecular complexity index is 1240. The second-order valence-corrected chi connectivity index (χ2v) is 10.7. The van der Waals surface area contributed by atoms with E-state index in [1.807, 2.05) is 56.3 Å². The van der Waals surface area contributed by atoms with Crippen molar-refractivity contribution in [2.75, 3.05) is 4.72 Å². The van der Waals surface area contributed by atoms with Crippen molar-refractivity contribution < 1.29 is 13.2 Å². The highest BCUT2D eigenvalue weighted by Gasteiger charge is 2.23. The van der Waals surface area contributed by atoms with E-state index in [0.717, 1.165) is 23.1 Å². The molecule has 0 heterocycles. The third kappa shape index (κ3) is 6.36. The number of nitrogens with one attached hydrogen (secondary N) is 2. The minimum absolute atomic E-state index is 0.0474. The molecule has 33 heavy (non-hydrogen) atoms. The van der Waals surface area contributed by atoms with E-state index in [4.69, 9.17) is 11.6 Å². The molecule has 1 amide bonds. The summed E-state index contributed by atoms with van der Waals surface area (Å²) in [5, 5.41) is 3.10. The van der Waals surface area contributed by atoms with Crippen LogP contribution in [-0.2, 0) is 10.0 Å². The summed E-state index contributed by atoms with van der Waals surface area (Å²) in [5.41, 5.74) is 3.41. The molecular formula is C26H29ClN2O3S. The topological polar surface area (TPSA) is 75.3 Å². The van der Waals surface area contributed by atoms with Crippen LogP contribution in [0.4, 0.5) is 5.69 Å². The Kier molecular flexibility index (Phi) is 7.82. The van der Waals surface area contributed by atoms with Crippen molar-refractivity contribution in [1.29, 1.82) is 0 Å². The molecule has 2 N–H and O–H groups in total. The molecule has 3 aromatic rings. The van der Waals surface area contributed by atoms with Crippen LogP contribution in [-0.4, -0.2) is 14.3 Å². The first-order valence-corrected chi connectivity index (χ1v) is 12.7. The van der Waals surface area contributed by atoms with Crippen LogP contribution in [0.2, 0.25) is 5.02 Å². The van der Waals surface area contributed by atoms with Crippen molar-refractivity contribution in [3.05, 3.63) is 94.0 Å². The molecule has 0 aliphatic carbocycles. The number of hydrogen-bond acceptors (Lipinski definition) is 3. The lowest BCUT2D eigenvalue weighted by Gasteiger charge is -2.21. The monoisotopic (exact) mass is 484 g/mol. The minimum atomic E-state index is -4.00. The maximum absolute atomic E-state index is 13.1. The molecule has 1 atom stereocenters. The lowest BCUT2D eigenvalue weighted by molar-refractivity contribution is 0.0931. The summed E-state index contributed by atoms with van der Waals surface area (Å²) in [6, 6.07) is 19.3. The Morgan fingerprint density at radius 3 is 2.33 bits per heavy atom. The summed E-state index contributed by atoms with van der Waals surface area (Å²) in [6.45, 7) is 7.89. The zero-order chi connectivity index (χ0) is 24.2. The number of sulfonamides is 1. The summed E-state index contributed by atoms with van der Waals surface area (Å²) in [6.07, 6.45) is 0.753. The molecule has 0 spiro atoms. The van der Waals surface area contributed by atoms with Gasteiger partial charge in [0.25, 0.3) is 15.9 Å². The van der Waals surface area contributed by atoms with Crippen LogP contribution in [0.25, 0.3) is 0 Å². The molecule has 0 aliphatic rings. The first-order chi connectivity index (χ1) is 15.6. The average molecular weight is 485 g/mol. The predicted molar refractivity (Wildman–Crippen MR) is 134 cm³/mol. The third-order valence-corrected chi connectivity index (χ3v) is 7.18. The maximum Gasteiger partial charge on any atom is 0.263 e. The Labute approximate surface area is 201 Å². The van der Waals surface area contributed by atoms with Crippen LogP contribution in [0.5, 0.6) is 0 Å². The molecule has 3 rings (SSSR count). The van der Waals surface area contributed by atoms with Crippen LogP contribution in [0.15, 0.2) is 71.6 Å². The fourth-order valence-electron chi connectivity index (χ4n) is 3.57. The number of rotatable bonds is 8. The van der Waals surface area contributed by atoms with Crippen molar-refractivity contribution in [1.82, 2.24) is 5.32 Å². The van der Waals surface area contributed by atoms with Crippen molar-refractivity contribution in [2.24, 2.45) is 5.92 Å². The van der Waals surface area contributed by atoms with Gasteiger partial charge in [0.05, 0.1) is 16.8 Å². The number of amides is 1. The number of halogens is 1. The van der Waals surface area contributed by atoms with Gasteiger partial charge in [-0.3, -0.25) is 9.52 Å². The Balaban J connectivity index is 1.89. The fraction of sp³-hybridized carbons (Fsp3) is 0.269. The molecular weight excluding hydrogens is 456 g/mol. The minimum Gasteiger partial charge on any atom is -0.345 e. The molecule has 174 valence electrons. The van der Waals surface area contributed by atoms with Crippen LogP contribution in [0, 0.1) is 19.8 Å². The summed E-state index contributed by atoms with van der Waals surface area (Å²) in [4.78, 5) is 12.9. The van der Waals surface area contributed by atoms with E-state index in [1.54, 1.807) is 6.07 Å². The van der Waals surface area contributed by atoms with E-state index < -0.39 is 10.0 Å². The normalized spacial score (nSPS) is 12.4. The molecule has 0 saturated heterocycles. The van der Waals surface area contributed by atoms with Gasteiger partial charge in [-0.2, -0.15) is 0 Å². The standard InChI is InChI=1S/C26H29ClN2O3S/c1-17(2)14-24(20-8-6-5-7-9-20)28-26(30)21-12-13-22(27)25(16-21)33(31,32)29-23-15-18(3)10-11-19(23)4/h5-13,15-17,24,29H,14H2,1-4H3,(H,28,30)/t24-/m0/s1. The van der Waals surface area contributed by atoms with Crippen molar-refractivity contribution in [3.63, 3.8) is 0 Å². The van der Waals surface area contributed by atoms with E-state index >= 15 is 0 Å². The van der Waals surface area contributed by atoms with Gasteiger partial charge in [0.2, 0.25) is 0 Å². The lowest BCUT2D eigenvalue weighted by Crippen LogP contribution is -2.29. The van der Waals surface area contributed by atoms with Crippen LogP contribution in [0.1, 0.15) is 53.4 Å². The van der Waals surface area contributed by atoms with E-state index in [1.165, 1.54) is 18.2 Å². The van der Waals surface area contributed by atoms with Gasteiger partial charge in [0, 0.05) is 5.56 Å². The van der Waals surface area contributed by atoms with Gasteiger partial charge in [0.1, 0.15) is 4.90 Å². The van der Waals surface area contributed by atoms with E-state index in [0.29, 0.717) is 11.6 Å². The molecule has 7 heteroatoms. The lowest BCUT2D eigenvalue weighted by atomic mass is 9.96. The molecule has 0 aromatic heterocycles. The van der Waals surface area contributed by atoms with E-state index in [2.05, 4.69) is 23.9 Å². The van der Waals surface area contributed by atoms with E-state index in [9.17, 15) is 13.2 Å². The smallest absolute Gasteiger partial charge is 0.263 e. The van der Waals surface area contributed by atoms with Gasteiger partial charge in [0.15, 0.2) is 0 Å². The SMILES string of the molecule is Cc1ccc(C)c(NS(=O)(=O)c2cc(C(=O)N[C@@H](CC(C)C)c3ccccc3)ccc2Cl)c1. The highest BCUT2D eigenvalue weighted by molar-refractivity contribution is 7.92. The number of hydrogen-bond donors (Lipinski definition) is 2. The zero-order valence-corrected chi connectivity index (χ0v) is 20.8. The Hall–Kier alpha value is -2.83. The van der Waals surface area contributed by atoms with Crippen molar-refractivity contribution in [2.45, 2.75) is 45.1 Å². The summed E-state index contributed by atoms with van der Waals surface area (Å²) in [5.74, 6) is 0.00258. The van der Waals surface area contributed by atoms with E-state index in [-0.39, 0.29) is 27.4 Å². The third-order valence-electron chi connectivity index (χ3n) is 5.33. The van der Waals surface area contributed by atoms with Crippen LogP contribution < -0.4 is 10.0 Å². The molecule has 0 aliphatic heterocycles. The van der Waals surface area contributed by atoms with Gasteiger partial charge in [-0.05, 0) is 67.1 Å². The predicted octanol–water partition coefficient (Wildman–Crippen LogP) is 6.27. The van der Waals surface area contributed by atoms with Crippen molar-refractivity contribution >= 4 is 33.2 Å². The Morgan fingerprint density at radius 1 is 0.970 bits per heavy atom. The molecule has 0 fully saturated rings. The maximum atomic E-state index is 13.1. The van der Waals surface area contributed by atoms with Crippen LogP contribution >= 0.6 is 11.6 Å². The van der Waals surface area contributed by atoms with Gasteiger partial charge < -0.3 is 5.32 Å². The Morgan fingerprint density at radius 2 is 1.67 bits per heavy atom. The first kappa shape index (κ1) is 24.8. The largest absolute Gasteiger partial charge is 0.345 e. The molecule has 5 nitrogen and oxygen atoms in total. The van der Waals surface area contributed by atoms with Gasteiger partial charge in [-0.25, -0.2) is 8.42 Å². The molecule has 3 aromatic carbocycles. The van der Waals surface area contributed by atoms with Gasteiger partial charge >= 0.3 is 0 Å². The molecule has 0 bridgehead atoms. The number of carbonyl (C=O) groups is 1. The number of carbonyl (C=O) groups excluding carboxylic acids is 1. The van der Waals surface area contributed by atoms with Gasteiger partial charge in [-0.1, -0.05) is 67.9 Å². The zero-order valence-electron chi connectivity index (χ0n) is 19.2. The first-order valence-electron chi connectivity index (χ1n) is 10.8. The highest BCUT2D eigenvalue weighted by Crippen LogP contribution is 2.28. The summed E-state index contributed by atoms with van der Waals surface area (Å²) in [7, 11) is -4.00. The van der Waals surface area contributed by atoms with Gasteiger partial charge in [-0.15, -0.1) is 0 Å². The molecule has 0 unspecified atom stereocenters. The average Bonchev–Trinajstić information content (AvgIpc) is 2.76. The summed E-state index contributed by atoms with van der Waals surface area (Å²) < 4.78 is 28.8. The van der Waals surface area contributed by atoms with Crippen LogP contribution in [0.3, 0.4) is 0 Å². The molecule has 0 saturated carbocycles. The quantitative estimate of drug-likeness (QED) is 0.395. The number of aryl methyl sites for hydroxylation is 2. The second kappa shape index (κ2) is 10.4. The molecule has 0 radical (unpaired) electrons. The van der Waals surface area contributed by atoms with Crippen molar-refractivity contribution in [3.8, 4) is 0 Å².